The Hall–Kier alpha value is -2.95. The fourth-order valence-corrected chi connectivity index (χ4v) is 2.06. The van der Waals surface area contributed by atoms with Crippen molar-refractivity contribution in [1.82, 2.24) is 0 Å². The Labute approximate surface area is 133 Å². The summed E-state index contributed by atoms with van der Waals surface area (Å²) in [6.45, 7) is 3.64. The molecule has 0 aromatic heterocycles. The topological polar surface area (TPSA) is 52.6 Å². The second-order valence-corrected chi connectivity index (χ2v) is 4.72. The van der Waals surface area contributed by atoms with E-state index in [1.165, 1.54) is 37.4 Å². The third-order valence-electron chi connectivity index (χ3n) is 3.15. The molecule has 4 nitrogen and oxygen atoms in total. The fourth-order valence-electron chi connectivity index (χ4n) is 2.06. The van der Waals surface area contributed by atoms with Gasteiger partial charge >= 0.3 is 5.97 Å². The molecule has 0 saturated heterocycles. The number of esters is 1. The molecule has 0 bridgehead atoms. The summed E-state index contributed by atoms with van der Waals surface area (Å²) in [6, 6.07) is 8.09. The van der Waals surface area contributed by atoms with Crippen LogP contribution in [0.3, 0.4) is 0 Å². The molecule has 0 spiro atoms. The molecule has 0 heterocycles. The van der Waals surface area contributed by atoms with Gasteiger partial charge in [0.05, 0.1) is 12.7 Å². The number of halogens is 1. The van der Waals surface area contributed by atoms with Crippen molar-refractivity contribution in [3.05, 3.63) is 71.6 Å². The van der Waals surface area contributed by atoms with Crippen LogP contribution in [-0.4, -0.2) is 19.4 Å². The van der Waals surface area contributed by atoms with Gasteiger partial charge in [0.1, 0.15) is 12.1 Å². The van der Waals surface area contributed by atoms with Crippen LogP contribution in [0.25, 0.3) is 0 Å². The summed E-state index contributed by atoms with van der Waals surface area (Å²) < 4.78 is 23.5. The highest BCUT2D eigenvalue weighted by Gasteiger charge is 2.17. The lowest BCUT2D eigenvalue weighted by atomic mass is 10.1. The summed E-state index contributed by atoms with van der Waals surface area (Å²) in [7, 11) is 1.41. The number of hydrogen-bond acceptors (Lipinski definition) is 4. The van der Waals surface area contributed by atoms with Crippen LogP contribution in [0.5, 0.6) is 11.5 Å². The molecular formula is C18H15FO4. The lowest BCUT2D eigenvalue weighted by Crippen LogP contribution is -2.11. The summed E-state index contributed by atoms with van der Waals surface area (Å²) in [5.41, 5.74) is 1.20. The van der Waals surface area contributed by atoms with Gasteiger partial charge < -0.3 is 9.47 Å². The molecule has 2 aromatic rings. The van der Waals surface area contributed by atoms with E-state index in [0.29, 0.717) is 23.8 Å². The van der Waals surface area contributed by atoms with Crippen molar-refractivity contribution in [2.75, 3.05) is 7.11 Å². The molecule has 0 aliphatic rings. The highest BCUT2D eigenvalue weighted by atomic mass is 19.1. The molecule has 0 radical (unpaired) electrons. The minimum atomic E-state index is -0.646. The monoisotopic (exact) mass is 314 g/mol. The van der Waals surface area contributed by atoms with Crippen LogP contribution >= 0.6 is 0 Å². The van der Waals surface area contributed by atoms with E-state index in [-0.39, 0.29) is 17.1 Å². The Morgan fingerprint density at radius 2 is 1.96 bits per heavy atom. The van der Waals surface area contributed by atoms with Crippen molar-refractivity contribution in [3.8, 4) is 11.5 Å². The summed E-state index contributed by atoms with van der Waals surface area (Å²) in [5, 5.41) is 0. The molecule has 0 unspecified atom stereocenters. The van der Waals surface area contributed by atoms with Crippen LogP contribution in [0.2, 0.25) is 0 Å². The van der Waals surface area contributed by atoms with Gasteiger partial charge in [-0.2, -0.15) is 0 Å². The molecule has 23 heavy (non-hydrogen) atoms. The zero-order chi connectivity index (χ0) is 16.8. The maximum Gasteiger partial charge on any atom is 0.343 e. The van der Waals surface area contributed by atoms with Crippen molar-refractivity contribution < 1.29 is 23.5 Å². The normalized spacial score (nSPS) is 10.0. The number of hydrogen-bond donors (Lipinski definition) is 0. The predicted molar refractivity (Wildman–Crippen MR) is 83.6 cm³/mol. The summed E-state index contributed by atoms with van der Waals surface area (Å²) in [5.74, 6) is -0.608. The van der Waals surface area contributed by atoms with Crippen molar-refractivity contribution >= 4 is 12.3 Å². The molecule has 0 aliphatic carbocycles. The van der Waals surface area contributed by atoms with Crippen molar-refractivity contribution in [1.29, 1.82) is 0 Å². The van der Waals surface area contributed by atoms with Crippen molar-refractivity contribution in [2.45, 2.75) is 6.42 Å². The van der Waals surface area contributed by atoms with E-state index >= 15 is 0 Å². The quantitative estimate of drug-likeness (QED) is 0.354. The van der Waals surface area contributed by atoms with Gasteiger partial charge in [0.2, 0.25) is 0 Å². The van der Waals surface area contributed by atoms with Gasteiger partial charge in [-0.25, -0.2) is 9.18 Å². The van der Waals surface area contributed by atoms with E-state index in [2.05, 4.69) is 6.58 Å². The van der Waals surface area contributed by atoms with Crippen LogP contribution in [0, 0.1) is 5.82 Å². The number of rotatable bonds is 6. The van der Waals surface area contributed by atoms with E-state index in [0.717, 1.165) is 0 Å². The Balaban J connectivity index is 2.40. The molecule has 0 aliphatic heterocycles. The van der Waals surface area contributed by atoms with Gasteiger partial charge in [0.25, 0.3) is 0 Å². The van der Waals surface area contributed by atoms with E-state index < -0.39 is 11.8 Å². The Morgan fingerprint density at radius 1 is 1.26 bits per heavy atom. The van der Waals surface area contributed by atoms with Crippen molar-refractivity contribution in [2.24, 2.45) is 0 Å². The number of methoxy groups -OCH3 is 1. The number of carbonyl (C=O) groups excluding carboxylic acids is 2. The molecule has 0 fully saturated rings. The lowest BCUT2D eigenvalue weighted by molar-refractivity contribution is 0.0728. The molecule has 2 aromatic carbocycles. The zero-order valence-corrected chi connectivity index (χ0v) is 12.5. The van der Waals surface area contributed by atoms with Gasteiger partial charge in [-0.05, 0) is 42.8 Å². The Morgan fingerprint density at radius 3 is 2.52 bits per heavy atom. The number of aldehydes is 1. The summed E-state index contributed by atoms with van der Waals surface area (Å²) in [6.07, 6.45) is 2.70. The van der Waals surface area contributed by atoms with Crippen LogP contribution in [0.15, 0.2) is 49.1 Å². The molecule has 0 saturated carbocycles. The first-order chi connectivity index (χ1) is 11.1. The van der Waals surface area contributed by atoms with E-state index in [1.54, 1.807) is 12.1 Å². The van der Waals surface area contributed by atoms with Gasteiger partial charge in [0.15, 0.2) is 11.5 Å². The van der Waals surface area contributed by atoms with Gasteiger partial charge in [-0.1, -0.05) is 6.08 Å². The number of allylic oxidation sites excluding steroid dienone is 1. The fraction of sp³-hybridized carbons (Fsp3) is 0.111. The number of carbonyl (C=O) groups is 2. The molecule has 0 amide bonds. The third-order valence-corrected chi connectivity index (χ3v) is 3.15. The maximum atomic E-state index is 12.9. The summed E-state index contributed by atoms with van der Waals surface area (Å²) in [4.78, 5) is 23.2. The molecule has 0 N–H and O–H groups in total. The minimum absolute atomic E-state index is 0.206. The second kappa shape index (κ2) is 7.35. The van der Waals surface area contributed by atoms with Crippen molar-refractivity contribution in [3.63, 3.8) is 0 Å². The minimum Gasteiger partial charge on any atom is -0.493 e. The van der Waals surface area contributed by atoms with Gasteiger partial charge in [-0.3, -0.25) is 4.79 Å². The smallest absolute Gasteiger partial charge is 0.343 e. The van der Waals surface area contributed by atoms with Gasteiger partial charge in [-0.15, -0.1) is 6.58 Å². The number of benzene rings is 2. The molecule has 118 valence electrons. The Kier molecular flexibility index (Phi) is 5.25. The molecule has 5 heteroatoms. The first kappa shape index (κ1) is 16.4. The highest BCUT2D eigenvalue weighted by molar-refractivity contribution is 5.91. The highest BCUT2D eigenvalue weighted by Crippen LogP contribution is 2.33. The average Bonchev–Trinajstić information content (AvgIpc) is 2.56. The van der Waals surface area contributed by atoms with Crippen LogP contribution in [-0.2, 0) is 6.42 Å². The second-order valence-electron chi connectivity index (χ2n) is 4.72. The van der Waals surface area contributed by atoms with E-state index in [1.807, 2.05) is 0 Å². The number of ether oxygens (including phenoxy) is 2. The van der Waals surface area contributed by atoms with Crippen LogP contribution < -0.4 is 9.47 Å². The standard InChI is InChI=1S/C18H15FO4/c1-3-4-14-9-12(11-20)10-16(22-2)17(14)23-18(21)13-5-7-15(19)8-6-13/h3,5-11H,1,4H2,2H3. The van der Waals surface area contributed by atoms with E-state index in [4.69, 9.17) is 9.47 Å². The molecular weight excluding hydrogens is 299 g/mol. The van der Waals surface area contributed by atoms with Crippen LogP contribution in [0.4, 0.5) is 4.39 Å². The largest absolute Gasteiger partial charge is 0.493 e. The summed E-state index contributed by atoms with van der Waals surface area (Å²) >= 11 is 0. The van der Waals surface area contributed by atoms with E-state index in [9.17, 15) is 14.0 Å². The predicted octanol–water partition coefficient (Wildman–Crippen LogP) is 3.59. The maximum absolute atomic E-state index is 12.9. The zero-order valence-electron chi connectivity index (χ0n) is 12.5. The van der Waals surface area contributed by atoms with Gasteiger partial charge in [0, 0.05) is 11.1 Å². The third kappa shape index (κ3) is 3.83. The average molecular weight is 314 g/mol. The molecule has 2 rings (SSSR count). The Bertz CT molecular complexity index is 735. The SMILES string of the molecule is C=CCc1cc(C=O)cc(OC)c1OC(=O)c1ccc(F)cc1. The molecule has 0 atom stereocenters. The van der Waals surface area contributed by atoms with Crippen LogP contribution in [0.1, 0.15) is 26.3 Å². The lowest BCUT2D eigenvalue weighted by Gasteiger charge is -2.14. The first-order valence-electron chi connectivity index (χ1n) is 6.83. The first-order valence-corrected chi connectivity index (χ1v) is 6.83.